The molecule has 3 heterocycles. The van der Waals surface area contributed by atoms with Crippen molar-refractivity contribution >= 4 is 34.0 Å². The number of carbonyl (C=O) groups is 2. The van der Waals surface area contributed by atoms with E-state index in [2.05, 4.69) is 27.7 Å². The third-order valence-electron chi connectivity index (χ3n) is 6.16. The summed E-state index contributed by atoms with van der Waals surface area (Å²) in [5, 5.41) is 7.11. The zero-order valence-electron chi connectivity index (χ0n) is 16.3. The summed E-state index contributed by atoms with van der Waals surface area (Å²) >= 11 is 1.74. The Hall–Kier alpha value is -2.70. The quantitative estimate of drug-likeness (QED) is 0.652. The van der Waals surface area contributed by atoms with E-state index in [1.165, 1.54) is 9.78 Å². The van der Waals surface area contributed by atoms with Crippen LogP contribution in [0.1, 0.15) is 36.2 Å². The highest BCUT2D eigenvalue weighted by Crippen LogP contribution is 2.37. The number of hydrogen-bond donors (Lipinski definition) is 1. The first kappa shape index (κ1) is 18.3. The Morgan fingerprint density at radius 3 is 2.76 bits per heavy atom. The van der Waals surface area contributed by atoms with Crippen molar-refractivity contribution in [2.24, 2.45) is 0 Å². The molecule has 5 nitrogen and oxygen atoms in total. The van der Waals surface area contributed by atoms with Crippen LogP contribution in [0.25, 0.3) is 10.8 Å². The van der Waals surface area contributed by atoms with Crippen molar-refractivity contribution in [3.05, 3.63) is 70.4 Å². The van der Waals surface area contributed by atoms with Gasteiger partial charge < -0.3 is 5.32 Å². The van der Waals surface area contributed by atoms with Gasteiger partial charge in [0.2, 0.25) is 0 Å². The summed E-state index contributed by atoms with van der Waals surface area (Å²) in [7, 11) is 0. The van der Waals surface area contributed by atoms with Crippen molar-refractivity contribution in [1.82, 2.24) is 15.1 Å². The number of likely N-dealkylation sites (tertiary alicyclic amines) is 1. The maximum Gasteiger partial charge on any atom is 0.326 e. The minimum atomic E-state index is -1.06. The lowest BCUT2D eigenvalue weighted by Gasteiger charge is -2.28. The second-order valence-electron chi connectivity index (χ2n) is 7.94. The van der Waals surface area contributed by atoms with Gasteiger partial charge in [-0.15, -0.1) is 11.3 Å². The maximum absolute atomic E-state index is 13.5. The number of fused-ring (bicyclic) bond motifs is 1. The molecule has 0 radical (unpaired) electrons. The molecule has 2 aliphatic rings. The first-order valence-electron chi connectivity index (χ1n) is 9.98. The molecule has 0 aliphatic carbocycles. The first-order chi connectivity index (χ1) is 14.1. The minimum absolute atomic E-state index is 0.185. The molecule has 148 valence electrons. The van der Waals surface area contributed by atoms with Crippen LogP contribution in [0.5, 0.6) is 0 Å². The largest absolute Gasteiger partial charge is 0.326 e. The van der Waals surface area contributed by atoms with Crippen LogP contribution >= 0.6 is 11.3 Å². The molecule has 1 N–H and O–H groups in total. The predicted octanol–water partition coefficient (Wildman–Crippen LogP) is 4.46. The smallest absolute Gasteiger partial charge is 0.319 e. The van der Waals surface area contributed by atoms with Crippen molar-refractivity contribution in [3.8, 4) is 0 Å². The van der Waals surface area contributed by atoms with Crippen LogP contribution in [0.2, 0.25) is 0 Å². The lowest BCUT2D eigenvalue weighted by atomic mass is 9.88. The van der Waals surface area contributed by atoms with Gasteiger partial charge in [0.05, 0.1) is 6.67 Å². The van der Waals surface area contributed by atoms with Crippen LogP contribution in [-0.2, 0) is 10.3 Å². The van der Waals surface area contributed by atoms with Crippen molar-refractivity contribution in [2.75, 3.05) is 13.2 Å². The van der Waals surface area contributed by atoms with Gasteiger partial charge in [0.25, 0.3) is 5.91 Å². The Morgan fingerprint density at radius 1 is 1.10 bits per heavy atom. The number of nitrogens with one attached hydrogen (secondary N) is 1. The normalized spacial score (nSPS) is 25.1. The number of urea groups is 1. The van der Waals surface area contributed by atoms with Crippen molar-refractivity contribution in [1.29, 1.82) is 0 Å². The molecule has 2 atom stereocenters. The van der Waals surface area contributed by atoms with Crippen LogP contribution < -0.4 is 5.32 Å². The monoisotopic (exact) mass is 405 g/mol. The molecule has 1 aromatic heterocycles. The summed E-state index contributed by atoms with van der Waals surface area (Å²) in [6, 6.07) is 18.0. The number of imide groups is 1. The van der Waals surface area contributed by atoms with Crippen molar-refractivity contribution in [3.63, 3.8) is 0 Å². The summed E-state index contributed by atoms with van der Waals surface area (Å²) in [4.78, 5) is 31.3. The average molecular weight is 406 g/mol. The highest BCUT2D eigenvalue weighted by atomic mass is 32.1. The Kier molecular flexibility index (Phi) is 4.41. The lowest BCUT2D eigenvalue weighted by molar-refractivity contribution is -0.132. The van der Waals surface area contributed by atoms with E-state index in [4.69, 9.17) is 0 Å². The molecule has 6 heteroatoms. The van der Waals surface area contributed by atoms with E-state index in [1.54, 1.807) is 11.3 Å². The van der Waals surface area contributed by atoms with Crippen molar-refractivity contribution in [2.45, 2.75) is 31.3 Å². The van der Waals surface area contributed by atoms with E-state index in [0.717, 1.165) is 35.7 Å². The van der Waals surface area contributed by atoms with Crippen LogP contribution in [-0.4, -0.2) is 35.0 Å². The Morgan fingerprint density at radius 2 is 1.93 bits per heavy atom. The molecule has 3 amide bonds. The third-order valence-corrected chi connectivity index (χ3v) is 7.14. The number of benzene rings is 2. The molecule has 2 aromatic carbocycles. The van der Waals surface area contributed by atoms with Crippen LogP contribution in [0.3, 0.4) is 0 Å². The summed E-state index contributed by atoms with van der Waals surface area (Å²) in [5.41, 5.74) is -0.219. The fraction of sp³-hybridized carbons (Fsp3) is 0.304. The summed E-state index contributed by atoms with van der Waals surface area (Å²) in [6.07, 6.45) is 2.14. The molecule has 3 aromatic rings. The molecule has 2 aliphatic heterocycles. The second kappa shape index (κ2) is 6.97. The lowest BCUT2D eigenvalue weighted by Crippen LogP contribution is -2.43. The van der Waals surface area contributed by atoms with Gasteiger partial charge in [-0.1, -0.05) is 48.5 Å². The van der Waals surface area contributed by atoms with Gasteiger partial charge in [0.1, 0.15) is 5.54 Å². The number of thiophene rings is 1. The predicted molar refractivity (Wildman–Crippen MR) is 115 cm³/mol. The Bertz CT molecular complexity index is 1080. The topological polar surface area (TPSA) is 52.7 Å². The molecule has 0 bridgehead atoms. The number of carbonyl (C=O) groups excluding carboxylic acids is 2. The SMILES string of the molecule is C[C@@]1(c2cccc3ccccc23)NC(=O)N(CN2CCC[C@@H]2c2cccs2)C1=O. The zero-order chi connectivity index (χ0) is 20.0. The maximum atomic E-state index is 13.5. The summed E-state index contributed by atoms with van der Waals surface area (Å²) in [5.74, 6) is -0.185. The average Bonchev–Trinajstić information content (AvgIpc) is 3.45. The van der Waals surface area contributed by atoms with E-state index in [1.807, 2.05) is 49.4 Å². The highest BCUT2D eigenvalue weighted by molar-refractivity contribution is 7.10. The fourth-order valence-electron chi connectivity index (χ4n) is 4.65. The van der Waals surface area contributed by atoms with Gasteiger partial charge in [-0.05, 0) is 47.5 Å². The minimum Gasteiger partial charge on any atom is -0.319 e. The zero-order valence-corrected chi connectivity index (χ0v) is 17.1. The fourth-order valence-corrected chi connectivity index (χ4v) is 5.54. The van der Waals surface area contributed by atoms with Gasteiger partial charge in [0, 0.05) is 17.5 Å². The first-order valence-corrected chi connectivity index (χ1v) is 10.9. The molecule has 2 saturated heterocycles. The molecule has 29 heavy (non-hydrogen) atoms. The third kappa shape index (κ3) is 2.94. The van der Waals surface area contributed by atoms with E-state index in [9.17, 15) is 9.59 Å². The molecule has 0 spiro atoms. The van der Waals surface area contributed by atoms with E-state index >= 15 is 0 Å². The van der Waals surface area contributed by atoms with Crippen LogP contribution in [0, 0.1) is 0 Å². The highest BCUT2D eigenvalue weighted by Gasteiger charge is 2.50. The Labute approximate surface area is 173 Å². The van der Waals surface area contributed by atoms with Gasteiger partial charge >= 0.3 is 6.03 Å². The van der Waals surface area contributed by atoms with E-state index in [-0.39, 0.29) is 18.0 Å². The number of rotatable bonds is 4. The van der Waals surface area contributed by atoms with Crippen LogP contribution in [0.4, 0.5) is 4.79 Å². The number of nitrogens with zero attached hydrogens (tertiary/aromatic N) is 2. The second-order valence-corrected chi connectivity index (χ2v) is 8.92. The van der Waals surface area contributed by atoms with E-state index in [0.29, 0.717) is 6.67 Å². The van der Waals surface area contributed by atoms with Crippen LogP contribution in [0.15, 0.2) is 60.0 Å². The molecule has 0 unspecified atom stereocenters. The number of hydrogen-bond acceptors (Lipinski definition) is 4. The molecule has 5 rings (SSSR count). The molecular formula is C23H23N3O2S. The van der Waals surface area contributed by atoms with Crippen molar-refractivity contribution < 1.29 is 9.59 Å². The number of amides is 3. The summed E-state index contributed by atoms with van der Waals surface area (Å²) < 4.78 is 0. The molecule has 2 fully saturated rings. The van der Waals surface area contributed by atoms with Gasteiger partial charge in [0.15, 0.2) is 0 Å². The summed E-state index contributed by atoms with van der Waals surface area (Å²) in [6.45, 7) is 3.04. The standard InChI is InChI=1S/C23H23N3O2S/c1-23(18-10-4-8-16-7-2-3-9-17(16)18)21(27)26(22(28)24-23)15-25-13-5-11-19(25)20-12-6-14-29-20/h2-4,6-10,12,14,19H,5,11,13,15H2,1H3,(H,24,28)/t19-,23+/m1/s1. The van der Waals surface area contributed by atoms with E-state index < -0.39 is 5.54 Å². The van der Waals surface area contributed by atoms with Gasteiger partial charge in [-0.25, -0.2) is 9.69 Å². The molecular weight excluding hydrogens is 382 g/mol. The molecule has 0 saturated carbocycles. The van der Waals surface area contributed by atoms with Gasteiger partial charge in [-0.2, -0.15) is 0 Å². The van der Waals surface area contributed by atoms with Gasteiger partial charge in [-0.3, -0.25) is 9.69 Å². The Balaban J connectivity index is 1.45.